The first-order chi connectivity index (χ1) is 48.4. The van der Waals surface area contributed by atoms with Crippen molar-refractivity contribution in [3.63, 3.8) is 0 Å². The Morgan fingerprint density at radius 3 is 1.05 bits per heavy atom. The monoisotopic (exact) mass is 1330 g/mol. The summed E-state index contributed by atoms with van der Waals surface area (Å²) < 4.78 is 0. The van der Waals surface area contributed by atoms with E-state index in [4.69, 9.17) is 0 Å². The molecule has 0 fully saturated rings. The first-order valence-electron chi connectivity index (χ1n) is 37.6. The second-order valence-electron chi connectivity index (χ2n) is 32.0. The summed E-state index contributed by atoms with van der Waals surface area (Å²) in [5.74, 6) is 0. The van der Waals surface area contributed by atoms with E-state index in [0.29, 0.717) is 0 Å². The average Bonchev–Trinajstić information content (AvgIpc) is 1.68. The van der Waals surface area contributed by atoms with Crippen LogP contribution in [0.3, 0.4) is 0 Å². The highest BCUT2D eigenvalue weighted by molar-refractivity contribution is 5.86. The molecular formula is C102H108. The summed E-state index contributed by atoms with van der Waals surface area (Å²) in [6.07, 6.45) is 6.64. The van der Waals surface area contributed by atoms with Gasteiger partial charge in [0.1, 0.15) is 0 Å². The summed E-state index contributed by atoms with van der Waals surface area (Å²) in [7, 11) is 0. The van der Waals surface area contributed by atoms with E-state index in [1.807, 2.05) is 0 Å². The van der Waals surface area contributed by atoms with Gasteiger partial charge in [-0.3, -0.25) is 0 Å². The van der Waals surface area contributed by atoms with E-state index in [9.17, 15) is 0 Å². The SMILES string of the molecule is Cc1cc(C)c2c(c1)Cc1cc(C)c(C)cc1-2.Cc1cc2c(c(C)c1C)-c1cccc(C)c1C2.Cc1cc2c(cc1C)-c1c(C)ccc(C)c1C2.Cc1cc2c(cc1C)-c1c(ccc(C)c1C)C2.Cc1cc2c(cc1C)-c1cc(C)c(C)cc1C2.Cc1ccc2c(c1)Cc1cc(C)c(C)c(C)c1-2. The molecule has 0 heteroatoms. The van der Waals surface area contributed by atoms with Crippen molar-refractivity contribution in [1.29, 1.82) is 0 Å². The van der Waals surface area contributed by atoms with E-state index in [2.05, 4.69) is 312 Å². The average molecular weight is 1330 g/mol. The zero-order valence-corrected chi connectivity index (χ0v) is 66.1. The Morgan fingerprint density at radius 2 is 0.510 bits per heavy atom. The number of rotatable bonds is 0. The van der Waals surface area contributed by atoms with E-state index in [1.165, 1.54) is 267 Å². The molecule has 6 aliphatic rings. The smallest absolute Gasteiger partial charge is 0.00106 e. The molecule has 0 bridgehead atoms. The van der Waals surface area contributed by atoms with Crippen molar-refractivity contribution in [1.82, 2.24) is 0 Å². The maximum absolute atomic E-state index is 2.37. The van der Waals surface area contributed by atoms with Gasteiger partial charge in [0, 0.05) is 0 Å². The molecule has 12 aromatic carbocycles. The maximum Gasteiger partial charge on any atom is -0.00106 e. The Balaban J connectivity index is 0.000000109. The van der Waals surface area contributed by atoms with Gasteiger partial charge in [-0.05, 0) is 461 Å². The van der Waals surface area contributed by atoms with E-state index in [0.717, 1.165) is 38.5 Å². The molecule has 0 nitrogen and oxygen atoms in total. The molecule has 0 aromatic heterocycles. The third-order valence-corrected chi connectivity index (χ3v) is 24.8. The molecule has 0 aliphatic heterocycles. The lowest BCUT2D eigenvalue weighted by atomic mass is 9.93. The van der Waals surface area contributed by atoms with Crippen molar-refractivity contribution in [2.24, 2.45) is 0 Å². The third-order valence-electron chi connectivity index (χ3n) is 24.8. The van der Waals surface area contributed by atoms with Gasteiger partial charge in [-0.2, -0.15) is 0 Å². The van der Waals surface area contributed by atoms with Crippen LogP contribution in [0.2, 0.25) is 0 Å². The number of hydrogen-bond acceptors (Lipinski definition) is 0. The second-order valence-corrected chi connectivity index (χ2v) is 32.0. The Bertz CT molecular complexity index is 5400. The van der Waals surface area contributed by atoms with Crippen LogP contribution in [0.1, 0.15) is 200 Å². The summed E-state index contributed by atoms with van der Waals surface area (Å²) in [5, 5.41) is 0. The molecule has 18 rings (SSSR count). The molecule has 0 heterocycles. The molecule has 6 aliphatic carbocycles. The highest BCUT2D eigenvalue weighted by Crippen LogP contribution is 2.47. The van der Waals surface area contributed by atoms with Gasteiger partial charge in [0.15, 0.2) is 0 Å². The Kier molecular flexibility index (Phi) is 19.3. The van der Waals surface area contributed by atoms with Crippen molar-refractivity contribution < 1.29 is 0 Å². The van der Waals surface area contributed by atoms with Gasteiger partial charge in [0.2, 0.25) is 0 Å². The molecule has 516 valence electrons. The van der Waals surface area contributed by atoms with E-state index in [-0.39, 0.29) is 0 Å². The number of benzene rings is 12. The molecular weight excluding hydrogens is 1230 g/mol. The standard InChI is InChI=1S/6C17H18/c1-10-5-14-9-15-6-11(2)13(4)8-17(15)16(14)7-12(10)3;1-10-5-13(4)17-15(6-10)9-14-7-11(2)12(3)8-16(14)17;1-10-5-6-14-9-15-7-11(2)12(3)8-16(15)17(14)13(10)4;1-10-5-6-11(2)17-15(10)9-14-7-12(3)13(4)8-16(14)17;1-10-5-6-16-14(7-10)9-15-8-11(2)12(3)13(4)17(15)16;1-10-6-5-7-15-16(10)9-14-8-11(2)12(3)13(4)17(14)15/h6*5-8H,9H2,1-4H3. The van der Waals surface area contributed by atoms with Crippen LogP contribution >= 0.6 is 0 Å². The largest absolute Gasteiger partial charge is 0.0614 e. The fraction of sp³-hybridized carbons (Fsp3) is 0.294. The number of fused-ring (bicyclic) bond motifs is 18. The molecule has 0 amide bonds. The Morgan fingerprint density at radius 1 is 0.157 bits per heavy atom. The lowest BCUT2D eigenvalue weighted by Crippen LogP contribution is -1.92. The molecule has 0 spiro atoms. The highest BCUT2D eigenvalue weighted by atomic mass is 14.3. The zero-order chi connectivity index (χ0) is 72.9. The normalized spacial score (nSPS) is 12.5. The van der Waals surface area contributed by atoms with Gasteiger partial charge < -0.3 is 0 Å². The van der Waals surface area contributed by atoms with Gasteiger partial charge >= 0.3 is 0 Å². The minimum Gasteiger partial charge on any atom is -0.0614 e. The molecule has 0 atom stereocenters. The maximum atomic E-state index is 2.37. The molecule has 102 heavy (non-hydrogen) atoms. The lowest BCUT2D eigenvalue weighted by molar-refractivity contribution is 1.19. The molecule has 0 saturated heterocycles. The minimum atomic E-state index is 1.10. The van der Waals surface area contributed by atoms with Crippen LogP contribution in [0.5, 0.6) is 0 Å². The van der Waals surface area contributed by atoms with Gasteiger partial charge in [-0.15, -0.1) is 0 Å². The summed E-state index contributed by atoms with van der Waals surface area (Å²) in [6.45, 7) is 53.2. The molecule has 0 N–H and O–H groups in total. The van der Waals surface area contributed by atoms with Crippen LogP contribution in [0, 0.1) is 166 Å². The lowest BCUT2D eigenvalue weighted by Gasteiger charge is -2.12. The first kappa shape index (κ1) is 71.1. The second kappa shape index (κ2) is 27.8. The summed E-state index contributed by atoms with van der Waals surface area (Å²) in [6, 6.07) is 55.5. The van der Waals surface area contributed by atoms with Crippen LogP contribution in [0.15, 0.2) is 146 Å². The van der Waals surface area contributed by atoms with Crippen molar-refractivity contribution in [2.75, 3.05) is 0 Å². The third kappa shape index (κ3) is 13.1. The fourth-order valence-electron chi connectivity index (χ4n) is 17.6. The topological polar surface area (TPSA) is 0 Å². The first-order valence-corrected chi connectivity index (χ1v) is 37.6. The van der Waals surface area contributed by atoms with Gasteiger partial charge in [0.25, 0.3) is 0 Å². The van der Waals surface area contributed by atoms with Crippen molar-refractivity contribution in [3.05, 3.63) is 346 Å². The van der Waals surface area contributed by atoms with Crippen LogP contribution in [-0.2, 0) is 38.5 Å². The van der Waals surface area contributed by atoms with Gasteiger partial charge in [0.05, 0.1) is 0 Å². The van der Waals surface area contributed by atoms with Crippen molar-refractivity contribution in [2.45, 2.75) is 205 Å². The molecule has 12 aromatic rings. The Hall–Kier alpha value is -9.36. The molecule has 0 radical (unpaired) electrons. The number of hydrogen-bond donors (Lipinski definition) is 0. The summed E-state index contributed by atoms with van der Waals surface area (Å²) >= 11 is 0. The van der Waals surface area contributed by atoms with Crippen LogP contribution in [-0.4, -0.2) is 0 Å². The predicted molar refractivity (Wildman–Crippen MR) is 442 cm³/mol. The molecule has 0 unspecified atom stereocenters. The zero-order valence-electron chi connectivity index (χ0n) is 66.1. The van der Waals surface area contributed by atoms with Crippen LogP contribution < -0.4 is 0 Å². The molecule has 0 saturated carbocycles. The van der Waals surface area contributed by atoms with Crippen LogP contribution in [0.25, 0.3) is 66.8 Å². The van der Waals surface area contributed by atoms with Crippen LogP contribution in [0.4, 0.5) is 0 Å². The minimum absolute atomic E-state index is 1.10. The number of aryl methyl sites for hydroxylation is 19. The van der Waals surface area contributed by atoms with Gasteiger partial charge in [-0.25, -0.2) is 0 Å². The fourth-order valence-corrected chi connectivity index (χ4v) is 17.6. The summed E-state index contributed by atoms with van der Waals surface area (Å²) in [4.78, 5) is 0. The van der Waals surface area contributed by atoms with Crippen molar-refractivity contribution >= 4 is 0 Å². The quantitative estimate of drug-likeness (QED) is 0.142. The summed E-state index contributed by atoms with van der Waals surface area (Å²) in [5.41, 5.74) is 69.6. The van der Waals surface area contributed by atoms with E-state index >= 15 is 0 Å². The van der Waals surface area contributed by atoms with Gasteiger partial charge in [-0.1, -0.05) is 157 Å². The Labute approximate surface area is 613 Å². The van der Waals surface area contributed by atoms with E-state index < -0.39 is 0 Å². The van der Waals surface area contributed by atoms with E-state index in [1.54, 1.807) is 0 Å². The predicted octanol–water partition coefficient (Wildman–Crippen LogP) is 26.9. The highest BCUT2D eigenvalue weighted by Gasteiger charge is 2.28. The van der Waals surface area contributed by atoms with Crippen molar-refractivity contribution in [3.8, 4) is 66.8 Å².